The standard InChI is InChI=1S/C7H10O2/c1-3-5-6-9-7(8)4-2/h3-4H,1-2,5-6H2. The molecule has 9 heavy (non-hydrogen) atoms. The lowest BCUT2D eigenvalue weighted by atomic mass is 10.4. The molecule has 0 aromatic heterocycles. The molecule has 2 heteroatoms. The number of carbonyl (C=O) groups is 1. The van der Waals surface area contributed by atoms with Crippen LogP contribution in [0.5, 0.6) is 0 Å². The fraction of sp³-hybridized carbons (Fsp3) is 0.286. The van der Waals surface area contributed by atoms with E-state index in [1.54, 1.807) is 6.08 Å². The first-order chi connectivity index (χ1) is 4.31. The Morgan fingerprint density at radius 1 is 1.56 bits per heavy atom. The summed E-state index contributed by atoms with van der Waals surface area (Å²) in [4.78, 5) is 10.3. The summed E-state index contributed by atoms with van der Waals surface area (Å²) in [7, 11) is 0. The van der Waals surface area contributed by atoms with E-state index in [0.29, 0.717) is 13.0 Å². The van der Waals surface area contributed by atoms with Gasteiger partial charge in [0.15, 0.2) is 0 Å². The molecule has 0 spiro atoms. The third-order valence-corrected chi connectivity index (χ3v) is 0.733. The van der Waals surface area contributed by atoms with E-state index in [-0.39, 0.29) is 5.97 Å². The Hall–Kier alpha value is -1.05. The van der Waals surface area contributed by atoms with Gasteiger partial charge in [0.1, 0.15) is 0 Å². The Labute approximate surface area is 54.8 Å². The van der Waals surface area contributed by atoms with Crippen molar-refractivity contribution in [3.05, 3.63) is 25.3 Å². The summed E-state index contributed by atoms with van der Waals surface area (Å²) in [5, 5.41) is 0. The highest BCUT2D eigenvalue weighted by Crippen LogP contribution is 1.83. The lowest BCUT2D eigenvalue weighted by molar-refractivity contribution is -0.137. The van der Waals surface area contributed by atoms with Gasteiger partial charge in [-0.3, -0.25) is 0 Å². The number of carbonyl (C=O) groups excluding carboxylic acids is 1. The average molecular weight is 126 g/mol. The molecule has 0 aliphatic carbocycles. The predicted molar refractivity (Wildman–Crippen MR) is 36.0 cm³/mol. The second-order valence-electron chi connectivity index (χ2n) is 1.45. The van der Waals surface area contributed by atoms with Gasteiger partial charge in [0, 0.05) is 6.08 Å². The molecule has 0 bridgehead atoms. The summed E-state index contributed by atoms with van der Waals surface area (Å²) in [6.45, 7) is 7.10. The summed E-state index contributed by atoms with van der Waals surface area (Å²) >= 11 is 0. The number of hydrogen-bond donors (Lipinski definition) is 0. The molecular formula is C7H10O2. The molecule has 0 atom stereocenters. The molecule has 0 saturated heterocycles. The first kappa shape index (κ1) is 7.95. The lowest BCUT2D eigenvalue weighted by Crippen LogP contribution is -2.00. The van der Waals surface area contributed by atoms with Gasteiger partial charge >= 0.3 is 5.97 Å². The molecule has 0 amide bonds. The normalized spacial score (nSPS) is 8.00. The van der Waals surface area contributed by atoms with Crippen LogP contribution in [0.2, 0.25) is 0 Å². The van der Waals surface area contributed by atoms with E-state index in [2.05, 4.69) is 17.9 Å². The first-order valence-electron chi connectivity index (χ1n) is 2.71. The monoisotopic (exact) mass is 126 g/mol. The maximum Gasteiger partial charge on any atom is 0.330 e. The Morgan fingerprint density at radius 2 is 2.22 bits per heavy atom. The van der Waals surface area contributed by atoms with Crippen LogP contribution >= 0.6 is 0 Å². The second kappa shape index (κ2) is 5.09. The quantitative estimate of drug-likeness (QED) is 0.245. The maximum atomic E-state index is 10.3. The van der Waals surface area contributed by atoms with E-state index < -0.39 is 0 Å². The van der Waals surface area contributed by atoms with Gasteiger partial charge in [-0.15, -0.1) is 6.58 Å². The van der Waals surface area contributed by atoms with Crippen LogP contribution in [-0.2, 0) is 9.53 Å². The molecule has 0 saturated carbocycles. The summed E-state index contributed by atoms with van der Waals surface area (Å²) in [6.07, 6.45) is 3.53. The van der Waals surface area contributed by atoms with E-state index in [4.69, 9.17) is 0 Å². The smallest absolute Gasteiger partial charge is 0.330 e. The third kappa shape index (κ3) is 4.81. The lowest BCUT2D eigenvalue weighted by Gasteiger charge is -1.95. The van der Waals surface area contributed by atoms with E-state index in [9.17, 15) is 4.79 Å². The molecule has 0 aromatic rings. The molecule has 0 rings (SSSR count). The minimum absolute atomic E-state index is 0.378. The molecule has 0 N–H and O–H groups in total. The van der Waals surface area contributed by atoms with Crippen LogP contribution in [0, 0.1) is 0 Å². The minimum atomic E-state index is -0.378. The molecule has 0 fully saturated rings. The molecular weight excluding hydrogens is 116 g/mol. The molecule has 2 nitrogen and oxygen atoms in total. The first-order valence-corrected chi connectivity index (χ1v) is 2.71. The topological polar surface area (TPSA) is 26.3 Å². The van der Waals surface area contributed by atoms with Crippen molar-refractivity contribution in [2.75, 3.05) is 6.61 Å². The van der Waals surface area contributed by atoms with Gasteiger partial charge in [0.2, 0.25) is 0 Å². The van der Waals surface area contributed by atoms with Crippen molar-refractivity contribution in [1.82, 2.24) is 0 Å². The van der Waals surface area contributed by atoms with Crippen LogP contribution in [0.3, 0.4) is 0 Å². The molecule has 0 aromatic carbocycles. The minimum Gasteiger partial charge on any atom is -0.462 e. The Morgan fingerprint density at radius 3 is 2.67 bits per heavy atom. The van der Waals surface area contributed by atoms with Crippen molar-refractivity contribution < 1.29 is 9.53 Å². The van der Waals surface area contributed by atoms with E-state index in [1.807, 2.05) is 0 Å². The summed E-state index contributed by atoms with van der Waals surface area (Å²) in [5.41, 5.74) is 0. The van der Waals surface area contributed by atoms with Crippen molar-refractivity contribution in [2.45, 2.75) is 6.42 Å². The summed E-state index contributed by atoms with van der Waals surface area (Å²) < 4.78 is 4.60. The molecule has 0 unspecified atom stereocenters. The molecule has 0 heterocycles. The van der Waals surface area contributed by atoms with Crippen molar-refractivity contribution in [3.63, 3.8) is 0 Å². The van der Waals surface area contributed by atoms with Gasteiger partial charge < -0.3 is 4.74 Å². The molecule has 50 valence electrons. The van der Waals surface area contributed by atoms with Gasteiger partial charge in [0.25, 0.3) is 0 Å². The van der Waals surface area contributed by atoms with Crippen molar-refractivity contribution >= 4 is 5.97 Å². The third-order valence-electron chi connectivity index (χ3n) is 0.733. The summed E-state index contributed by atoms with van der Waals surface area (Å²) in [5.74, 6) is -0.378. The average Bonchev–Trinajstić information content (AvgIpc) is 1.89. The number of rotatable bonds is 4. The highest BCUT2D eigenvalue weighted by molar-refractivity contribution is 5.81. The van der Waals surface area contributed by atoms with Crippen molar-refractivity contribution in [2.24, 2.45) is 0 Å². The zero-order chi connectivity index (χ0) is 7.11. The molecule has 0 aliphatic rings. The van der Waals surface area contributed by atoms with Crippen LogP contribution in [0.4, 0.5) is 0 Å². The fourth-order valence-electron chi connectivity index (χ4n) is 0.302. The number of esters is 1. The van der Waals surface area contributed by atoms with Crippen molar-refractivity contribution in [1.29, 1.82) is 0 Å². The van der Waals surface area contributed by atoms with Crippen LogP contribution in [0.1, 0.15) is 6.42 Å². The van der Waals surface area contributed by atoms with Crippen LogP contribution in [0.25, 0.3) is 0 Å². The SMILES string of the molecule is C=CCCOC(=O)C=C. The van der Waals surface area contributed by atoms with E-state index >= 15 is 0 Å². The largest absolute Gasteiger partial charge is 0.462 e. The van der Waals surface area contributed by atoms with Crippen LogP contribution in [-0.4, -0.2) is 12.6 Å². The Kier molecular flexibility index (Phi) is 4.50. The highest BCUT2D eigenvalue weighted by Gasteiger charge is 1.90. The van der Waals surface area contributed by atoms with E-state index in [0.717, 1.165) is 6.08 Å². The van der Waals surface area contributed by atoms with Gasteiger partial charge in [0.05, 0.1) is 6.61 Å². The van der Waals surface area contributed by atoms with Crippen LogP contribution in [0.15, 0.2) is 25.3 Å². The Balaban J connectivity index is 3.16. The Bertz CT molecular complexity index is 116. The summed E-state index contributed by atoms with van der Waals surface area (Å²) in [6, 6.07) is 0. The number of ether oxygens (including phenoxy) is 1. The van der Waals surface area contributed by atoms with Gasteiger partial charge in [-0.05, 0) is 6.42 Å². The predicted octanol–water partition coefficient (Wildman–Crippen LogP) is 1.29. The maximum absolute atomic E-state index is 10.3. The van der Waals surface area contributed by atoms with Crippen molar-refractivity contribution in [3.8, 4) is 0 Å². The van der Waals surface area contributed by atoms with E-state index in [1.165, 1.54) is 0 Å². The molecule has 0 aliphatic heterocycles. The zero-order valence-electron chi connectivity index (χ0n) is 5.30. The second-order valence-corrected chi connectivity index (χ2v) is 1.45. The molecule has 0 radical (unpaired) electrons. The highest BCUT2D eigenvalue weighted by atomic mass is 16.5. The van der Waals surface area contributed by atoms with Crippen LogP contribution < -0.4 is 0 Å². The van der Waals surface area contributed by atoms with Gasteiger partial charge in [-0.2, -0.15) is 0 Å². The number of hydrogen-bond acceptors (Lipinski definition) is 2. The van der Waals surface area contributed by atoms with Gasteiger partial charge in [-0.25, -0.2) is 4.79 Å². The zero-order valence-corrected chi connectivity index (χ0v) is 5.30. The van der Waals surface area contributed by atoms with Gasteiger partial charge in [-0.1, -0.05) is 12.7 Å². The fourth-order valence-corrected chi connectivity index (χ4v) is 0.302.